The van der Waals surface area contributed by atoms with Crippen LogP contribution >= 0.6 is 11.8 Å². The maximum absolute atomic E-state index is 11.4. The number of nitrogens with zero attached hydrogens (tertiary/aromatic N) is 2. The van der Waals surface area contributed by atoms with Gasteiger partial charge in [0.05, 0.1) is 0 Å². The standard InChI is InChI=1S/C13H26N4OS/c1-14-12(18)10-11-4-7-17(8-5-11)13(15-2)16-6-9-19-3/h11H,4-10H2,1-3H3,(H,14,18)(H,15,16). The Labute approximate surface area is 120 Å². The average Bonchev–Trinajstić information content (AvgIpc) is 2.45. The number of guanidine groups is 1. The number of rotatable bonds is 5. The van der Waals surface area contributed by atoms with Gasteiger partial charge in [0, 0.05) is 45.9 Å². The van der Waals surface area contributed by atoms with E-state index in [1.807, 2.05) is 18.8 Å². The summed E-state index contributed by atoms with van der Waals surface area (Å²) in [4.78, 5) is 18.0. The van der Waals surface area contributed by atoms with Gasteiger partial charge in [-0.3, -0.25) is 9.79 Å². The van der Waals surface area contributed by atoms with Gasteiger partial charge in [0.2, 0.25) is 5.91 Å². The molecule has 1 saturated heterocycles. The van der Waals surface area contributed by atoms with Gasteiger partial charge in [-0.1, -0.05) is 0 Å². The molecule has 1 aliphatic heterocycles. The van der Waals surface area contributed by atoms with Crippen LogP contribution in [0.1, 0.15) is 19.3 Å². The molecule has 0 unspecified atom stereocenters. The maximum Gasteiger partial charge on any atom is 0.220 e. The number of piperidine rings is 1. The molecule has 2 N–H and O–H groups in total. The van der Waals surface area contributed by atoms with Gasteiger partial charge in [-0.25, -0.2) is 0 Å². The highest BCUT2D eigenvalue weighted by atomic mass is 32.2. The number of carbonyl (C=O) groups excluding carboxylic acids is 1. The predicted octanol–water partition coefficient (Wildman–Crippen LogP) is 0.773. The molecule has 1 amide bonds. The van der Waals surface area contributed by atoms with E-state index in [1.54, 1.807) is 7.05 Å². The first-order valence-corrected chi connectivity index (χ1v) is 8.25. The summed E-state index contributed by atoms with van der Waals surface area (Å²) in [7, 11) is 3.53. The van der Waals surface area contributed by atoms with Crippen LogP contribution in [0.2, 0.25) is 0 Å². The summed E-state index contributed by atoms with van der Waals surface area (Å²) >= 11 is 1.83. The Bertz CT molecular complexity index is 301. The number of aliphatic imine (C=N–C) groups is 1. The second-order valence-electron chi connectivity index (χ2n) is 4.77. The lowest BCUT2D eigenvalue weighted by Crippen LogP contribution is -2.46. The molecule has 0 spiro atoms. The molecule has 0 aliphatic carbocycles. The van der Waals surface area contributed by atoms with Crippen molar-refractivity contribution >= 4 is 23.6 Å². The van der Waals surface area contributed by atoms with Crippen molar-refractivity contribution in [1.82, 2.24) is 15.5 Å². The van der Waals surface area contributed by atoms with Crippen LogP contribution in [-0.4, -0.2) is 62.5 Å². The average molecular weight is 286 g/mol. The molecule has 0 aromatic heterocycles. The van der Waals surface area contributed by atoms with Crippen molar-refractivity contribution < 1.29 is 4.79 Å². The molecule has 19 heavy (non-hydrogen) atoms. The van der Waals surface area contributed by atoms with Gasteiger partial charge < -0.3 is 15.5 Å². The third kappa shape index (κ3) is 5.72. The molecule has 1 rings (SSSR count). The Morgan fingerprint density at radius 1 is 1.42 bits per heavy atom. The van der Waals surface area contributed by atoms with Crippen LogP contribution in [0.4, 0.5) is 0 Å². The smallest absolute Gasteiger partial charge is 0.220 e. The molecule has 1 aliphatic rings. The predicted molar refractivity (Wildman–Crippen MR) is 82.7 cm³/mol. The summed E-state index contributed by atoms with van der Waals surface area (Å²) in [5.41, 5.74) is 0. The third-order valence-corrected chi connectivity index (χ3v) is 4.08. The number of nitrogens with one attached hydrogen (secondary N) is 2. The summed E-state index contributed by atoms with van der Waals surface area (Å²) in [6.07, 6.45) is 4.89. The highest BCUT2D eigenvalue weighted by Crippen LogP contribution is 2.20. The molecular formula is C13H26N4OS. The summed E-state index contributed by atoms with van der Waals surface area (Å²) in [5.74, 6) is 2.75. The maximum atomic E-state index is 11.4. The molecule has 0 aromatic carbocycles. The molecule has 0 radical (unpaired) electrons. The number of carbonyl (C=O) groups is 1. The fraction of sp³-hybridized carbons (Fsp3) is 0.846. The number of likely N-dealkylation sites (tertiary alicyclic amines) is 1. The monoisotopic (exact) mass is 286 g/mol. The normalized spacial score (nSPS) is 17.4. The quantitative estimate of drug-likeness (QED) is 0.445. The molecule has 5 nitrogen and oxygen atoms in total. The lowest BCUT2D eigenvalue weighted by molar-refractivity contribution is -0.121. The summed E-state index contributed by atoms with van der Waals surface area (Å²) < 4.78 is 0. The number of thioether (sulfide) groups is 1. The lowest BCUT2D eigenvalue weighted by Gasteiger charge is -2.34. The zero-order valence-corrected chi connectivity index (χ0v) is 13.1. The van der Waals surface area contributed by atoms with Gasteiger partial charge in [0.25, 0.3) is 0 Å². The zero-order valence-electron chi connectivity index (χ0n) is 12.2. The third-order valence-electron chi connectivity index (χ3n) is 3.47. The molecule has 1 fully saturated rings. The molecule has 0 aromatic rings. The van der Waals surface area contributed by atoms with Gasteiger partial charge in [-0.05, 0) is 25.0 Å². The number of hydrogen-bond acceptors (Lipinski definition) is 3. The highest BCUT2D eigenvalue weighted by molar-refractivity contribution is 7.98. The van der Waals surface area contributed by atoms with Crippen molar-refractivity contribution in [2.24, 2.45) is 10.9 Å². The second-order valence-corrected chi connectivity index (χ2v) is 5.76. The van der Waals surface area contributed by atoms with E-state index in [9.17, 15) is 4.79 Å². The number of amides is 1. The van der Waals surface area contributed by atoms with Crippen LogP contribution in [0.25, 0.3) is 0 Å². The van der Waals surface area contributed by atoms with Crippen LogP contribution in [0, 0.1) is 5.92 Å². The van der Waals surface area contributed by atoms with Crippen LogP contribution in [0.3, 0.4) is 0 Å². The fourth-order valence-electron chi connectivity index (χ4n) is 2.31. The van der Waals surface area contributed by atoms with Crippen molar-refractivity contribution in [3.8, 4) is 0 Å². The van der Waals surface area contributed by atoms with Crippen LogP contribution in [0.15, 0.2) is 4.99 Å². The van der Waals surface area contributed by atoms with Crippen molar-refractivity contribution in [2.45, 2.75) is 19.3 Å². The Morgan fingerprint density at radius 3 is 2.63 bits per heavy atom. The number of hydrogen-bond donors (Lipinski definition) is 2. The minimum Gasteiger partial charge on any atom is -0.359 e. The minimum absolute atomic E-state index is 0.154. The minimum atomic E-state index is 0.154. The molecule has 0 saturated carbocycles. The summed E-state index contributed by atoms with van der Waals surface area (Å²) in [5, 5.41) is 6.08. The van der Waals surface area contributed by atoms with E-state index in [-0.39, 0.29) is 5.91 Å². The largest absolute Gasteiger partial charge is 0.359 e. The molecular weight excluding hydrogens is 260 g/mol. The molecule has 110 valence electrons. The van der Waals surface area contributed by atoms with E-state index in [0.29, 0.717) is 12.3 Å². The van der Waals surface area contributed by atoms with Gasteiger partial charge >= 0.3 is 0 Å². The lowest BCUT2D eigenvalue weighted by atomic mass is 9.93. The Balaban J connectivity index is 2.33. The molecule has 0 atom stereocenters. The van der Waals surface area contributed by atoms with E-state index in [4.69, 9.17) is 0 Å². The van der Waals surface area contributed by atoms with Gasteiger partial charge in [-0.15, -0.1) is 0 Å². The van der Waals surface area contributed by atoms with Crippen molar-refractivity contribution in [3.63, 3.8) is 0 Å². The first kappa shape index (κ1) is 16.1. The fourth-order valence-corrected chi connectivity index (χ4v) is 2.62. The van der Waals surface area contributed by atoms with Gasteiger partial charge in [0.1, 0.15) is 0 Å². The van der Waals surface area contributed by atoms with E-state index < -0.39 is 0 Å². The Kier molecular flexibility index (Phi) is 7.70. The van der Waals surface area contributed by atoms with Crippen molar-refractivity contribution in [3.05, 3.63) is 0 Å². The molecule has 6 heteroatoms. The zero-order chi connectivity index (χ0) is 14.1. The Hall–Kier alpha value is -0.910. The van der Waals surface area contributed by atoms with Crippen LogP contribution in [-0.2, 0) is 4.79 Å². The van der Waals surface area contributed by atoms with E-state index >= 15 is 0 Å². The van der Waals surface area contributed by atoms with Gasteiger partial charge in [0.15, 0.2) is 5.96 Å². The van der Waals surface area contributed by atoms with Crippen molar-refractivity contribution in [2.75, 3.05) is 45.7 Å². The van der Waals surface area contributed by atoms with E-state index in [2.05, 4.69) is 26.8 Å². The molecule has 0 bridgehead atoms. The summed E-state index contributed by atoms with van der Waals surface area (Å²) in [6, 6.07) is 0. The first-order valence-electron chi connectivity index (χ1n) is 6.86. The van der Waals surface area contributed by atoms with E-state index in [1.165, 1.54) is 0 Å². The van der Waals surface area contributed by atoms with E-state index in [0.717, 1.165) is 44.2 Å². The first-order chi connectivity index (χ1) is 9.21. The van der Waals surface area contributed by atoms with Crippen LogP contribution < -0.4 is 10.6 Å². The van der Waals surface area contributed by atoms with Gasteiger partial charge in [-0.2, -0.15) is 11.8 Å². The Morgan fingerprint density at radius 2 is 2.11 bits per heavy atom. The van der Waals surface area contributed by atoms with Crippen molar-refractivity contribution in [1.29, 1.82) is 0 Å². The topological polar surface area (TPSA) is 56.7 Å². The SMILES string of the molecule is CN=C(NCCSC)N1CCC(CC(=O)NC)CC1. The highest BCUT2D eigenvalue weighted by Gasteiger charge is 2.22. The van der Waals surface area contributed by atoms with Crippen LogP contribution in [0.5, 0.6) is 0 Å². The molecule has 1 heterocycles. The summed E-state index contributed by atoms with van der Waals surface area (Å²) in [6.45, 7) is 2.92. The second kappa shape index (κ2) is 9.07.